The van der Waals surface area contributed by atoms with Crippen LogP contribution in [-0.2, 0) is 17.8 Å². The van der Waals surface area contributed by atoms with E-state index in [0.29, 0.717) is 25.2 Å². The number of rotatable bonds is 5. The number of hydrogen-bond acceptors (Lipinski definition) is 3. The van der Waals surface area contributed by atoms with Crippen LogP contribution in [0.2, 0.25) is 0 Å². The van der Waals surface area contributed by atoms with Crippen LogP contribution in [0.1, 0.15) is 40.9 Å². The number of guanidine groups is 1. The minimum absolute atomic E-state index is 0. The second-order valence-corrected chi connectivity index (χ2v) is 8.41. The van der Waals surface area contributed by atoms with Gasteiger partial charge in [0, 0.05) is 45.8 Å². The monoisotopic (exact) mass is 550 g/mol. The van der Waals surface area contributed by atoms with Crippen LogP contribution < -0.4 is 5.32 Å². The third kappa shape index (κ3) is 7.20. The number of carbonyl (C=O) groups excluding carboxylic acids is 1. The van der Waals surface area contributed by atoms with E-state index in [1.807, 2.05) is 50.1 Å². The van der Waals surface area contributed by atoms with E-state index in [2.05, 4.69) is 46.4 Å². The lowest BCUT2D eigenvalue weighted by atomic mass is 10.1. The van der Waals surface area contributed by atoms with E-state index in [4.69, 9.17) is 4.74 Å². The second-order valence-electron chi connectivity index (χ2n) is 8.41. The molecule has 0 spiro atoms. The second kappa shape index (κ2) is 12.2. The molecule has 2 aromatic rings. The van der Waals surface area contributed by atoms with Gasteiger partial charge in [-0.1, -0.05) is 42.0 Å². The van der Waals surface area contributed by atoms with Gasteiger partial charge in [-0.2, -0.15) is 0 Å². The van der Waals surface area contributed by atoms with Crippen molar-refractivity contribution < 1.29 is 9.53 Å². The fourth-order valence-electron chi connectivity index (χ4n) is 3.90. The highest BCUT2D eigenvalue weighted by atomic mass is 127. The topological polar surface area (TPSA) is 57.2 Å². The molecule has 1 heterocycles. The van der Waals surface area contributed by atoms with E-state index in [1.165, 1.54) is 11.1 Å². The van der Waals surface area contributed by atoms with Crippen molar-refractivity contribution in [1.29, 1.82) is 0 Å². The zero-order valence-electron chi connectivity index (χ0n) is 19.7. The maximum absolute atomic E-state index is 12.8. The van der Waals surface area contributed by atoms with Crippen molar-refractivity contribution in [3.63, 3.8) is 0 Å². The highest BCUT2D eigenvalue weighted by Gasteiger charge is 2.26. The van der Waals surface area contributed by atoms with Gasteiger partial charge in [0.15, 0.2) is 5.96 Å². The number of benzene rings is 2. The molecule has 174 valence electrons. The van der Waals surface area contributed by atoms with Crippen LogP contribution in [0.25, 0.3) is 0 Å². The first-order chi connectivity index (χ1) is 14.9. The number of ether oxygens (including phenoxy) is 1. The van der Waals surface area contributed by atoms with Gasteiger partial charge in [0.1, 0.15) is 0 Å². The van der Waals surface area contributed by atoms with Crippen LogP contribution in [0, 0.1) is 6.92 Å². The summed E-state index contributed by atoms with van der Waals surface area (Å²) in [5.74, 6) is 0.896. The third-order valence-electron chi connectivity index (χ3n) is 5.47. The van der Waals surface area contributed by atoms with Crippen LogP contribution in [0.4, 0.5) is 0 Å². The molecule has 2 unspecified atom stereocenters. The molecule has 32 heavy (non-hydrogen) atoms. The van der Waals surface area contributed by atoms with Crippen molar-refractivity contribution in [2.75, 3.05) is 27.2 Å². The Morgan fingerprint density at radius 1 is 1.06 bits per heavy atom. The zero-order valence-corrected chi connectivity index (χ0v) is 22.0. The molecule has 0 radical (unpaired) electrons. The Morgan fingerprint density at radius 2 is 1.62 bits per heavy atom. The smallest absolute Gasteiger partial charge is 0.254 e. The summed E-state index contributed by atoms with van der Waals surface area (Å²) in [6, 6.07) is 16.4. The first-order valence-electron chi connectivity index (χ1n) is 10.9. The Kier molecular flexibility index (Phi) is 9.96. The van der Waals surface area contributed by atoms with Gasteiger partial charge in [-0.05, 0) is 44.0 Å². The molecule has 0 aliphatic carbocycles. The van der Waals surface area contributed by atoms with E-state index in [9.17, 15) is 4.79 Å². The molecule has 0 saturated carbocycles. The van der Waals surface area contributed by atoms with Crippen LogP contribution in [0.3, 0.4) is 0 Å². The summed E-state index contributed by atoms with van der Waals surface area (Å²) in [6.07, 6.45) is 0.139. The van der Waals surface area contributed by atoms with Gasteiger partial charge in [0.25, 0.3) is 5.91 Å². The average Bonchev–Trinajstić information content (AvgIpc) is 2.75. The molecule has 1 aliphatic heterocycles. The third-order valence-corrected chi connectivity index (χ3v) is 5.47. The molecule has 3 rings (SSSR count). The number of aryl methyl sites for hydroxylation is 1. The number of nitrogens with one attached hydrogen (secondary N) is 1. The van der Waals surface area contributed by atoms with Gasteiger partial charge < -0.3 is 19.9 Å². The Morgan fingerprint density at radius 3 is 2.19 bits per heavy atom. The average molecular weight is 550 g/mol. The van der Waals surface area contributed by atoms with E-state index >= 15 is 0 Å². The summed E-state index contributed by atoms with van der Waals surface area (Å²) < 4.78 is 5.73. The van der Waals surface area contributed by atoms with E-state index in [-0.39, 0.29) is 42.1 Å². The van der Waals surface area contributed by atoms with Crippen LogP contribution >= 0.6 is 24.0 Å². The Hall–Kier alpha value is -2.13. The first-order valence-corrected chi connectivity index (χ1v) is 10.9. The molecule has 6 nitrogen and oxygen atoms in total. The summed E-state index contributed by atoms with van der Waals surface area (Å²) in [5, 5.41) is 3.40. The molecule has 0 aromatic heterocycles. The number of halogens is 1. The normalized spacial score (nSPS) is 18.7. The summed E-state index contributed by atoms with van der Waals surface area (Å²) in [4.78, 5) is 21.2. The Balaban J connectivity index is 0.00000363. The van der Waals surface area contributed by atoms with E-state index in [0.717, 1.165) is 18.1 Å². The van der Waals surface area contributed by atoms with Crippen molar-refractivity contribution in [2.24, 2.45) is 4.99 Å². The highest BCUT2D eigenvalue weighted by Crippen LogP contribution is 2.15. The van der Waals surface area contributed by atoms with Gasteiger partial charge in [-0.3, -0.25) is 9.79 Å². The summed E-state index contributed by atoms with van der Waals surface area (Å²) in [7, 11) is 3.82. The fraction of sp³-hybridized carbons (Fsp3) is 0.440. The molecule has 7 heteroatoms. The lowest BCUT2D eigenvalue weighted by Gasteiger charge is -2.35. The van der Waals surface area contributed by atoms with E-state index in [1.54, 1.807) is 7.05 Å². The fourth-order valence-corrected chi connectivity index (χ4v) is 3.90. The zero-order chi connectivity index (χ0) is 22.4. The molecule has 2 atom stereocenters. The SMILES string of the molecule is CN=C(NCc1ccc(C(=O)N2CC(C)OC(C)C2)cc1)N(C)Cc1ccc(C)cc1.I. The molecule has 0 bridgehead atoms. The van der Waals surface area contributed by atoms with Gasteiger partial charge in [0.2, 0.25) is 0 Å². The van der Waals surface area contributed by atoms with Crippen molar-refractivity contribution in [3.05, 3.63) is 70.8 Å². The molecule has 1 saturated heterocycles. The maximum atomic E-state index is 12.8. The number of nitrogens with zero attached hydrogens (tertiary/aromatic N) is 3. The number of carbonyl (C=O) groups is 1. The van der Waals surface area contributed by atoms with Gasteiger partial charge in [-0.25, -0.2) is 0 Å². The van der Waals surface area contributed by atoms with Gasteiger partial charge >= 0.3 is 0 Å². The van der Waals surface area contributed by atoms with Gasteiger partial charge in [-0.15, -0.1) is 24.0 Å². The molecule has 1 N–H and O–H groups in total. The Bertz CT molecular complexity index is 889. The Labute approximate surface area is 209 Å². The molecular formula is C25H35IN4O2. The molecule has 1 fully saturated rings. The number of morpholine rings is 1. The summed E-state index contributed by atoms with van der Waals surface area (Å²) >= 11 is 0. The first kappa shape index (κ1) is 26.1. The molecular weight excluding hydrogens is 515 g/mol. The van der Waals surface area contributed by atoms with Crippen LogP contribution in [-0.4, -0.2) is 61.1 Å². The minimum Gasteiger partial charge on any atom is -0.372 e. The number of hydrogen-bond donors (Lipinski definition) is 1. The lowest BCUT2D eigenvalue weighted by Crippen LogP contribution is -2.48. The summed E-state index contributed by atoms with van der Waals surface area (Å²) in [5.41, 5.74) is 4.32. The lowest BCUT2D eigenvalue weighted by molar-refractivity contribution is -0.0586. The minimum atomic E-state index is 0. The molecule has 1 aliphatic rings. The maximum Gasteiger partial charge on any atom is 0.254 e. The standard InChI is InChI=1S/C25H34N4O2.HI/c1-18-6-8-22(9-7-18)17-28(5)25(26-4)27-14-21-10-12-23(13-11-21)24(30)29-15-19(2)31-20(3)16-29;/h6-13,19-20H,14-17H2,1-5H3,(H,26,27);1H. The van der Waals surface area contributed by atoms with Crippen LogP contribution in [0.15, 0.2) is 53.5 Å². The van der Waals surface area contributed by atoms with Crippen molar-refractivity contribution >= 4 is 35.8 Å². The predicted octanol–water partition coefficient (Wildman–Crippen LogP) is 4.07. The molecule has 2 aromatic carbocycles. The van der Waals surface area contributed by atoms with Crippen molar-refractivity contribution in [2.45, 2.75) is 46.1 Å². The quantitative estimate of drug-likeness (QED) is 0.347. The van der Waals surface area contributed by atoms with Crippen LogP contribution in [0.5, 0.6) is 0 Å². The highest BCUT2D eigenvalue weighted by molar-refractivity contribution is 14.0. The van der Waals surface area contributed by atoms with E-state index < -0.39 is 0 Å². The van der Waals surface area contributed by atoms with Crippen molar-refractivity contribution in [1.82, 2.24) is 15.1 Å². The van der Waals surface area contributed by atoms with Crippen molar-refractivity contribution in [3.8, 4) is 0 Å². The number of amides is 1. The summed E-state index contributed by atoms with van der Waals surface area (Å²) in [6.45, 7) is 8.80. The number of aliphatic imine (C=N–C) groups is 1. The predicted molar refractivity (Wildman–Crippen MR) is 141 cm³/mol. The van der Waals surface area contributed by atoms with Gasteiger partial charge in [0.05, 0.1) is 12.2 Å². The molecule has 1 amide bonds. The largest absolute Gasteiger partial charge is 0.372 e.